The molecule has 0 spiro atoms. The average Bonchev–Trinajstić information content (AvgIpc) is 1.88. The van der Waals surface area contributed by atoms with Gasteiger partial charge in [-0.3, -0.25) is 0 Å². The molecule has 0 aromatic heterocycles. The molecule has 0 heterocycles. The van der Waals surface area contributed by atoms with Gasteiger partial charge in [-0.05, 0) is 0 Å². The third kappa shape index (κ3) is 1.97. The van der Waals surface area contributed by atoms with Crippen LogP contribution in [0.3, 0.4) is 0 Å². The van der Waals surface area contributed by atoms with Crippen LogP contribution in [0, 0.1) is 0 Å². The molecule has 0 aliphatic rings. The van der Waals surface area contributed by atoms with Crippen LogP contribution in [-0.2, 0) is 0 Å². The number of rotatable bonds is 1. The van der Waals surface area contributed by atoms with E-state index in [4.69, 9.17) is 20.0 Å². The molecule has 0 fully saturated rings. The first-order valence-corrected chi connectivity index (χ1v) is 5.35. The van der Waals surface area contributed by atoms with Gasteiger partial charge in [-0.2, -0.15) is 0 Å². The van der Waals surface area contributed by atoms with E-state index in [0.29, 0.717) is 9.48 Å². The second-order valence-corrected chi connectivity index (χ2v) is 4.25. The monoisotopic (exact) mass is 225 g/mol. The van der Waals surface area contributed by atoms with E-state index in [1.807, 2.05) is 0 Å². The summed E-state index contributed by atoms with van der Waals surface area (Å²) in [4.78, 5) is 0. The first-order valence-electron chi connectivity index (χ1n) is 2.58. The van der Waals surface area contributed by atoms with Crippen LogP contribution in [0.15, 0.2) is 24.3 Å². The Morgan fingerprint density at radius 2 is 1.60 bits per heavy atom. The summed E-state index contributed by atoms with van der Waals surface area (Å²) in [6.45, 7) is 0. The number of hydrogen-bond acceptors (Lipinski definition) is 2. The van der Waals surface area contributed by atoms with Gasteiger partial charge in [-0.1, -0.05) is 0 Å². The fourth-order valence-corrected chi connectivity index (χ4v) is 1.48. The molecule has 0 radical (unpaired) electrons. The molecule has 54 valence electrons. The minimum atomic E-state index is -2.49. The minimum absolute atomic E-state index is 0.574. The Kier molecular flexibility index (Phi) is 2.71. The van der Waals surface area contributed by atoms with Crippen LogP contribution in [0.4, 0.5) is 0 Å². The van der Waals surface area contributed by atoms with Gasteiger partial charge in [0.2, 0.25) is 0 Å². The van der Waals surface area contributed by atoms with Crippen LogP contribution in [0.25, 0.3) is 0 Å². The summed E-state index contributed by atoms with van der Waals surface area (Å²) in [6.07, 6.45) is 0. The van der Waals surface area contributed by atoms with Crippen molar-refractivity contribution in [3.8, 4) is 0 Å². The van der Waals surface area contributed by atoms with Gasteiger partial charge in [0.15, 0.2) is 0 Å². The molecule has 0 aliphatic heterocycles. The summed E-state index contributed by atoms with van der Waals surface area (Å²) in [6, 6.07) is 6.51. The first-order chi connectivity index (χ1) is 4.70. The second-order valence-electron chi connectivity index (χ2n) is 1.72. The Balaban J connectivity index is 2.89. The van der Waals surface area contributed by atoms with Crippen molar-refractivity contribution in [2.24, 2.45) is 0 Å². The van der Waals surface area contributed by atoms with Gasteiger partial charge in [0, 0.05) is 0 Å². The van der Waals surface area contributed by atoms with Crippen molar-refractivity contribution in [1.82, 2.24) is 0 Å². The molecule has 4 heteroatoms. The van der Waals surface area contributed by atoms with Crippen LogP contribution < -0.4 is 4.46 Å². The number of hydrogen-bond donors (Lipinski definition) is 2. The fourth-order valence-electron chi connectivity index (χ4n) is 0.556. The quantitative estimate of drug-likeness (QED) is 0.661. The zero-order valence-corrected chi connectivity index (χ0v) is 7.46. The van der Waals surface area contributed by atoms with Crippen LogP contribution in [0.5, 0.6) is 0 Å². The maximum atomic E-state index is 8.75. The van der Waals surface area contributed by atoms with Gasteiger partial charge >= 0.3 is 68.3 Å². The van der Waals surface area contributed by atoms with Crippen LogP contribution in [-0.4, -0.2) is 22.9 Å². The maximum absolute atomic E-state index is 8.75. The average molecular weight is 225 g/mol. The molecular weight excluding hydrogens is 218 g/mol. The fraction of sp³-hybridized carbons (Fsp3) is 0. The Bertz CT molecular complexity index is 209. The van der Waals surface area contributed by atoms with Crippen LogP contribution in [0.2, 0.25) is 5.02 Å². The molecule has 0 saturated carbocycles. The van der Waals surface area contributed by atoms with E-state index in [9.17, 15) is 0 Å². The Morgan fingerprint density at radius 3 is 2.00 bits per heavy atom. The molecule has 0 atom stereocenters. The van der Waals surface area contributed by atoms with Gasteiger partial charge in [0.1, 0.15) is 0 Å². The standard InChI is InChI=1S/C6H6ClO2Se/c7-5-1-3-6(4-2-5)10(8)9/h1-4,8-9H/q+1. The van der Waals surface area contributed by atoms with Gasteiger partial charge in [-0.15, -0.1) is 0 Å². The molecule has 0 saturated heterocycles. The Labute approximate surface area is 68.6 Å². The zero-order chi connectivity index (χ0) is 7.56. The van der Waals surface area contributed by atoms with Crippen molar-refractivity contribution >= 4 is 30.6 Å². The molecule has 0 amide bonds. The number of halogens is 1. The number of benzene rings is 1. The summed E-state index contributed by atoms with van der Waals surface area (Å²) in [5.41, 5.74) is 0. The van der Waals surface area contributed by atoms with E-state index in [0.717, 1.165) is 0 Å². The van der Waals surface area contributed by atoms with E-state index < -0.39 is 14.6 Å². The van der Waals surface area contributed by atoms with Crippen LogP contribution in [0.1, 0.15) is 0 Å². The SMILES string of the molecule is O[Se+](O)c1ccc(Cl)cc1. The van der Waals surface area contributed by atoms with E-state index in [1.54, 1.807) is 24.3 Å². The first kappa shape index (κ1) is 8.05. The summed E-state index contributed by atoms with van der Waals surface area (Å²) in [7, 11) is 0. The molecule has 0 aliphatic carbocycles. The second kappa shape index (κ2) is 3.37. The van der Waals surface area contributed by atoms with Gasteiger partial charge < -0.3 is 0 Å². The van der Waals surface area contributed by atoms with E-state index in [-0.39, 0.29) is 0 Å². The molecular formula is C6H6ClO2Se+. The summed E-state index contributed by atoms with van der Waals surface area (Å²) in [5.74, 6) is 0. The van der Waals surface area contributed by atoms with Crippen molar-refractivity contribution in [3.63, 3.8) is 0 Å². The van der Waals surface area contributed by atoms with Crippen molar-refractivity contribution in [2.45, 2.75) is 0 Å². The Morgan fingerprint density at radius 1 is 1.10 bits per heavy atom. The third-order valence-electron chi connectivity index (χ3n) is 1.02. The molecule has 10 heavy (non-hydrogen) atoms. The van der Waals surface area contributed by atoms with E-state index in [2.05, 4.69) is 0 Å². The van der Waals surface area contributed by atoms with Crippen molar-refractivity contribution < 1.29 is 8.38 Å². The van der Waals surface area contributed by atoms with Gasteiger partial charge in [-0.25, -0.2) is 0 Å². The third-order valence-corrected chi connectivity index (χ3v) is 2.73. The summed E-state index contributed by atoms with van der Waals surface area (Å²) >= 11 is 3.08. The van der Waals surface area contributed by atoms with Crippen LogP contribution >= 0.6 is 11.6 Å². The molecule has 2 N–H and O–H groups in total. The zero-order valence-electron chi connectivity index (χ0n) is 4.99. The molecule has 1 rings (SSSR count). The van der Waals surface area contributed by atoms with Gasteiger partial charge in [0.25, 0.3) is 0 Å². The molecule has 1 aromatic rings. The Hall–Kier alpha value is -0.0505. The molecule has 0 unspecified atom stereocenters. The van der Waals surface area contributed by atoms with E-state index in [1.165, 1.54) is 0 Å². The topological polar surface area (TPSA) is 40.5 Å². The predicted octanol–water partition coefficient (Wildman–Crippen LogP) is 0.0198. The normalized spacial score (nSPS) is 10.4. The summed E-state index contributed by atoms with van der Waals surface area (Å²) in [5, 5.41) is 0.607. The van der Waals surface area contributed by atoms with Crippen molar-refractivity contribution in [2.75, 3.05) is 0 Å². The predicted molar refractivity (Wildman–Crippen MR) is 41.3 cm³/mol. The van der Waals surface area contributed by atoms with Gasteiger partial charge in [0.05, 0.1) is 0 Å². The molecule has 1 aromatic carbocycles. The molecule has 2 nitrogen and oxygen atoms in total. The summed E-state index contributed by atoms with van der Waals surface area (Å²) < 4.78 is 18.1. The van der Waals surface area contributed by atoms with E-state index >= 15 is 0 Å². The van der Waals surface area contributed by atoms with Crippen molar-refractivity contribution in [3.05, 3.63) is 29.3 Å². The molecule has 0 bridgehead atoms. The van der Waals surface area contributed by atoms with Crippen molar-refractivity contribution in [1.29, 1.82) is 0 Å².